The number of ether oxygens (including phenoxy) is 3. The Morgan fingerprint density at radius 1 is 1.31 bits per heavy atom. The van der Waals surface area contributed by atoms with Crippen molar-refractivity contribution in [1.82, 2.24) is 0 Å². The molecule has 2 aromatic rings. The first kappa shape index (κ1) is 18.0. The molecular weight excluding hydrogens is 335 g/mol. The van der Waals surface area contributed by atoms with Gasteiger partial charge in [-0.05, 0) is 42.7 Å². The molecule has 0 radical (unpaired) electrons. The molecule has 0 spiro atoms. The van der Waals surface area contributed by atoms with E-state index in [9.17, 15) is 4.39 Å². The van der Waals surface area contributed by atoms with E-state index in [4.69, 9.17) is 19.5 Å². The average Bonchev–Trinajstić information content (AvgIpc) is 3.18. The predicted molar refractivity (Wildman–Crippen MR) is 95.9 cm³/mol. The van der Waals surface area contributed by atoms with Crippen molar-refractivity contribution in [2.45, 2.75) is 25.5 Å². The van der Waals surface area contributed by atoms with Crippen LogP contribution >= 0.6 is 0 Å². The third-order valence-corrected chi connectivity index (χ3v) is 4.29. The van der Waals surface area contributed by atoms with E-state index in [1.807, 2.05) is 24.3 Å². The lowest BCUT2D eigenvalue weighted by molar-refractivity contribution is 0.0669. The molecule has 0 aliphatic carbocycles. The Morgan fingerprint density at radius 3 is 2.92 bits per heavy atom. The smallest absolute Gasteiger partial charge is 0.161 e. The highest BCUT2D eigenvalue weighted by atomic mass is 19.1. The summed E-state index contributed by atoms with van der Waals surface area (Å²) in [6, 6.07) is 12.0. The molecule has 1 atom stereocenters. The Balaban J connectivity index is 1.65. The van der Waals surface area contributed by atoms with Crippen LogP contribution in [0, 0.1) is 17.1 Å². The maximum Gasteiger partial charge on any atom is 0.161 e. The van der Waals surface area contributed by atoms with E-state index >= 15 is 0 Å². The molecule has 1 aliphatic rings. The predicted octanol–water partition coefficient (Wildman–Crippen LogP) is 3.88. The Labute approximate surface area is 152 Å². The van der Waals surface area contributed by atoms with Crippen molar-refractivity contribution in [1.29, 1.82) is 5.26 Å². The first-order valence-electron chi connectivity index (χ1n) is 8.55. The summed E-state index contributed by atoms with van der Waals surface area (Å²) < 4.78 is 30.4. The molecule has 26 heavy (non-hydrogen) atoms. The zero-order valence-electron chi connectivity index (χ0n) is 14.6. The van der Waals surface area contributed by atoms with Crippen molar-refractivity contribution >= 4 is 5.69 Å². The maximum atomic E-state index is 13.7. The summed E-state index contributed by atoms with van der Waals surface area (Å²) in [4.78, 5) is 0. The van der Waals surface area contributed by atoms with Gasteiger partial charge in [0.15, 0.2) is 11.5 Å². The Bertz CT molecular complexity index is 798. The van der Waals surface area contributed by atoms with E-state index in [1.54, 1.807) is 19.2 Å². The van der Waals surface area contributed by atoms with Gasteiger partial charge in [-0.15, -0.1) is 0 Å². The number of hydrogen-bond donors (Lipinski definition) is 1. The van der Waals surface area contributed by atoms with Gasteiger partial charge in [-0.25, -0.2) is 4.39 Å². The Morgan fingerprint density at radius 2 is 2.19 bits per heavy atom. The highest BCUT2D eigenvalue weighted by molar-refractivity contribution is 5.58. The summed E-state index contributed by atoms with van der Waals surface area (Å²) in [5.74, 6) is 0.755. The minimum Gasteiger partial charge on any atom is -0.493 e. The second-order valence-corrected chi connectivity index (χ2v) is 6.06. The van der Waals surface area contributed by atoms with Crippen LogP contribution in [0.5, 0.6) is 11.5 Å². The molecule has 0 bridgehead atoms. The van der Waals surface area contributed by atoms with Crippen LogP contribution in [-0.4, -0.2) is 26.4 Å². The molecule has 1 unspecified atom stereocenters. The number of methoxy groups -OCH3 is 1. The van der Waals surface area contributed by atoms with E-state index < -0.39 is 5.82 Å². The van der Waals surface area contributed by atoms with E-state index in [0.717, 1.165) is 25.0 Å². The fourth-order valence-corrected chi connectivity index (χ4v) is 2.88. The summed E-state index contributed by atoms with van der Waals surface area (Å²) in [5, 5.41) is 12.2. The third-order valence-electron chi connectivity index (χ3n) is 4.29. The minimum atomic E-state index is -0.534. The molecule has 2 aromatic carbocycles. The molecule has 1 saturated heterocycles. The molecular formula is C20H21FN2O3. The minimum absolute atomic E-state index is 0.0102. The molecule has 136 valence electrons. The molecule has 5 nitrogen and oxygen atoms in total. The zero-order chi connectivity index (χ0) is 18.4. The van der Waals surface area contributed by atoms with E-state index in [1.165, 1.54) is 6.07 Å². The lowest BCUT2D eigenvalue weighted by Crippen LogP contribution is -2.16. The van der Waals surface area contributed by atoms with E-state index in [0.29, 0.717) is 30.3 Å². The van der Waals surface area contributed by atoms with Gasteiger partial charge in [-0.2, -0.15) is 5.26 Å². The number of nitrogens with one attached hydrogen (secondary N) is 1. The summed E-state index contributed by atoms with van der Waals surface area (Å²) in [7, 11) is 1.59. The van der Waals surface area contributed by atoms with Crippen molar-refractivity contribution in [3.05, 3.63) is 53.3 Å². The first-order chi connectivity index (χ1) is 12.7. The molecule has 1 heterocycles. The number of nitrogens with zero attached hydrogens (tertiary/aromatic N) is 1. The number of rotatable bonds is 7. The second kappa shape index (κ2) is 8.54. The normalized spacial score (nSPS) is 16.1. The van der Waals surface area contributed by atoms with Crippen LogP contribution in [0.25, 0.3) is 0 Å². The van der Waals surface area contributed by atoms with E-state index in [2.05, 4.69) is 5.32 Å². The third kappa shape index (κ3) is 4.24. The maximum absolute atomic E-state index is 13.7. The summed E-state index contributed by atoms with van der Waals surface area (Å²) >= 11 is 0. The lowest BCUT2D eigenvalue weighted by Gasteiger charge is -2.15. The van der Waals surface area contributed by atoms with Gasteiger partial charge in [0.05, 0.1) is 18.9 Å². The van der Waals surface area contributed by atoms with Gasteiger partial charge in [-0.1, -0.05) is 12.1 Å². The van der Waals surface area contributed by atoms with Crippen LogP contribution in [0.2, 0.25) is 0 Å². The van der Waals surface area contributed by atoms with Crippen LogP contribution in [-0.2, 0) is 11.3 Å². The van der Waals surface area contributed by atoms with Crippen molar-refractivity contribution in [2.75, 3.05) is 25.6 Å². The van der Waals surface area contributed by atoms with Gasteiger partial charge < -0.3 is 19.5 Å². The van der Waals surface area contributed by atoms with Crippen molar-refractivity contribution < 1.29 is 18.6 Å². The van der Waals surface area contributed by atoms with Gasteiger partial charge in [0, 0.05) is 13.2 Å². The number of nitriles is 1. The molecule has 1 N–H and O–H groups in total. The molecule has 0 aromatic heterocycles. The molecule has 6 heteroatoms. The Kier molecular flexibility index (Phi) is 5.92. The van der Waals surface area contributed by atoms with Crippen LogP contribution in [0.15, 0.2) is 36.4 Å². The zero-order valence-corrected chi connectivity index (χ0v) is 14.6. The van der Waals surface area contributed by atoms with Crippen LogP contribution in [0.1, 0.15) is 24.0 Å². The van der Waals surface area contributed by atoms with Crippen LogP contribution in [0.4, 0.5) is 10.1 Å². The van der Waals surface area contributed by atoms with Gasteiger partial charge in [0.25, 0.3) is 0 Å². The summed E-state index contributed by atoms with van der Waals surface area (Å²) in [6.07, 6.45) is 2.22. The van der Waals surface area contributed by atoms with Crippen LogP contribution < -0.4 is 14.8 Å². The van der Waals surface area contributed by atoms with Crippen molar-refractivity contribution in [2.24, 2.45) is 0 Å². The van der Waals surface area contributed by atoms with Crippen molar-refractivity contribution in [3.63, 3.8) is 0 Å². The molecule has 0 amide bonds. The molecule has 3 rings (SSSR count). The highest BCUT2D eigenvalue weighted by Gasteiger charge is 2.17. The first-order valence-corrected chi connectivity index (χ1v) is 8.55. The van der Waals surface area contributed by atoms with Gasteiger partial charge in [0.1, 0.15) is 24.1 Å². The van der Waals surface area contributed by atoms with Crippen LogP contribution in [0.3, 0.4) is 0 Å². The number of hydrogen-bond acceptors (Lipinski definition) is 5. The molecule has 1 fully saturated rings. The largest absolute Gasteiger partial charge is 0.493 e. The highest BCUT2D eigenvalue weighted by Crippen LogP contribution is 2.29. The molecule has 1 aliphatic heterocycles. The fraction of sp³-hybridized carbons (Fsp3) is 0.350. The topological polar surface area (TPSA) is 63.5 Å². The summed E-state index contributed by atoms with van der Waals surface area (Å²) in [6.45, 7) is 1.73. The SMILES string of the molecule is COc1cc(CNc2cccc(F)c2C#N)ccc1OCC1CCCO1. The Hall–Kier alpha value is -2.78. The number of anilines is 1. The van der Waals surface area contributed by atoms with Gasteiger partial charge >= 0.3 is 0 Å². The fourth-order valence-electron chi connectivity index (χ4n) is 2.88. The van der Waals surface area contributed by atoms with E-state index in [-0.39, 0.29) is 11.7 Å². The number of benzene rings is 2. The summed E-state index contributed by atoms with van der Waals surface area (Å²) in [5.41, 5.74) is 1.40. The number of halogens is 1. The quantitative estimate of drug-likeness (QED) is 0.816. The standard InChI is InChI=1S/C20H21FN2O3/c1-24-20-10-14(7-8-19(20)26-13-15-4-3-9-25-15)12-23-18-6-2-5-17(21)16(18)11-22/h2,5-8,10,15,23H,3-4,9,12-13H2,1H3. The second-order valence-electron chi connectivity index (χ2n) is 6.06. The average molecular weight is 356 g/mol. The molecule has 0 saturated carbocycles. The monoisotopic (exact) mass is 356 g/mol. The van der Waals surface area contributed by atoms with Crippen molar-refractivity contribution in [3.8, 4) is 17.6 Å². The lowest BCUT2D eigenvalue weighted by atomic mass is 10.1. The van der Waals surface area contributed by atoms with Gasteiger partial charge in [0.2, 0.25) is 0 Å². The van der Waals surface area contributed by atoms with Gasteiger partial charge in [-0.3, -0.25) is 0 Å².